The number of piperidine rings is 1. The van der Waals surface area contributed by atoms with Crippen LogP contribution in [0, 0.1) is 24.7 Å². The highest BCUT2D eigenvalue weighted by molar-refractivity contribution is 6.30. The first-order valence-corrected chi connectivity index (χ1v) is 14.1. The number of nitrogens with zero attached hydrogens (tertiary/aromatic N) is 1. The number of rotatable bonds is 10. The maximum Gasteiger partial charge on any atom is 0.343 e. The highest BCUT2D eigenvalue weighted by Gasteiger charge is 2.17. The van der Waals surface area contributed by atoms with E-state index in [1.807, 2.05) is 55.5 Å². The number of aliphatic hydroxyl groups is 1. The van der Waals surface area contributed by atoms with Crippen LogP contribution in [0.3, 0.4) is 0 Å². The predicted octanol–water partition coefficient (Wildman–Crippen LogP) is 5.77. The van der Waals surface area contributed by atoms with Gasteiger partial charge in [-0.2, -0.15) is 0 Å². The lowest BCUT2D eigenvalue weighted by molar-refractivity contribution is -0.142. The lowest BCUT2D eigenvalue weighted by Gasteiger charge is -2.29. The first kappa shape index (κ1) is 30.2. The number of hydrogen-bond acceptors (Lipinski definition) is 6. The van der Waals surface area contributed by atoms with Gasteiger partial charge < -0.3 is 19.3 Å². The second kappa shape index (κ2) is 15.3. The van der Waals surface area contributed by atoms with Gasteiger partial charge in [0.2, 0.25) is 0 Å². The van der Waals surface area contributed by atoms with Gasteiger partial charge in [-0.1, -0.05) is 47.7 Å². The molecule has 0 unspecified atom stereocenters. The van der Waals surface area contributed by atoms with Crippen molar-refractivity contribution >= 4 is 23.1 Å². The van der Waals surface area contributed by atoms with Gasteiger partial charge in [0.05, 0.1) is 13.7 Å². The largest absolute Gasteiger partial charge is 0.489 e. The Balaban J connectivity index is 1.42. The minimum absolute atomic E-state index is 0.140. The molecule has 41 heavy (non-hydrogen) atoms. The molecule has 1 aliphatic heterocycles. The normalized spacial score (nSPS) is 14.2. The molecule has 4 rings (SSSR count). The molecule has 7 heteroatoms. The molecule has 0 amide bonds. The Bertz CT molecular complexity index is 1380. The van der Waals surface area contributed by atoms with Crippen molar-refractivity contribution in [3.63, 3.8) is 0 Å². The van der Waals surface area contributed by atoms with Crippen LogP contribution in [0.5, 0.6) is 11.5 Å². The van der Waals surface area contributed by atoms with E-state index in [0.29, 0.717) is 29.0 Å². The van der Waals surface area contributed by atoms with Crippen LogP contribution in [0.1, 0.15) is 35.1 Å². The summed E-state index contributed by atoms with van der Waals surface area (Å²) >= 11 is 6.15. The number of ether oxygens (including phenoxy) is 3. The number of hydrogen-bond donors (Lipinski definition) is 1. The lowest BCUT2D eigenvalue weighted by Crippen LogP contribution is -2.34. The van der Waals surface area contributed by atoms with Crippen LogP contribution in [0.2, 0.25) is 5.02 Å². The SMILES string of the molecule is COC(=O)COc1ccc(OC/C=C(/c2ccc(Cl)cc2)c2ccc(C#CCN3CCC(CO)CC3)cc2)cc1C. The van der Waals surface area contributed by atoms with Gasteiger partial charge >= 0.3 is 5.97 Å². The van der Waals surface area contributed by atoms with E-state index in [-0.39, 0.29) is 13.2 Å². The first-order valence-electron chi connectivity index (χ1n) is 13.8. The summed E-state index contributed by atoms with van der Waals surface area (Å²) < 4.78 is 16.2. The summed E-state index contributed by atoms with van der Waals surface area (Å²) in [7, 11) is 1.33. The van der Waals surface area contributed by atoms with Crippen LogP contribution in [0.15, 0.2) is 72.8 Å². The smallest absolute Gasteiger partial charge is 0.343 e. The molecule has 214 valence electrons. The van der Waals surface area contributed by atoms with Crippen LogP contribution >= 0.6 is 11.6 Å². The average Bonchev–Trinajstić information content (AvgIpc) is 3.00. The van der Waals surface area contributed by atoms with Gasteiger partial charge in [0.1, 0.15) is 18.1 Å². The molecular formula is C34H36ClNO5. The average molecular weight is 574 g/mol. The molecule has 1 heterocycles. The van der Waals surface area contributed by atoms with Crippen molar-refractivity contribution in [2.75, 3.05) is 46.6 Å². The van der Waals surface area contributed by atoms with Gasteiger partial charge in [0.25, 0.3) is 0 Å². The van der Waals surface area contributed by atoms with Gasteiger partial charge in [-0.05, 0) is 110 Å². The Labute approximate surface area is 247 Å². The predicted molar refractivity (Wildman–Crippen MR) is 162 cm³/mol. The number of esters is 1. The van der Waals surface area contributed by atoms with Crippen LogP contribution < -0.4 is 9.47 Å². The summed E-state index contributed by atoms with van der Waals surface area (Å²) in [4.78, 5) is 13.7. The molecule has 3 aromatic carbocycles. The number of methoxy groups -OCH3 is 1. The molecule has 1 saturated heterocycles. The van der Waals surface area contributed by atoms with Crippen molar-refractivity contribution in [2.24, 2.45) is 5.92 Å². The van der Waals surface area contributed by atoms with Crippen LogP contribution in [-0.2, 0) is 9.53 Å². The van der Waals surface area contributed by atoms with Gasteiger partial charge in [0, 0.05) is 17.2 Å². The Morgan fingerprint density at radius 1 is 1.02 bits per heavy atom. The summed E-state index contributed by atoms with van der Waals surface area (Å²) in [5.74, 6) is 7.89. The number of aryl methyl sites for hydroxylation is 1. The Morgan fingerprint density at radius 2 is 1.71 bits per heavy atom. The van der Waals surface area contributed by atoms with E-state index < -0.39 is 5.97 Å². The van der Waals surface area contributed by atoms with E-state index in [0.717, 1.165) is 60.3 Å². The maximum absolute atomic E-state index is 11.4. The molecule has 1 aliphatic rings. The number of likely N-dealkylation sites (tertiary alicyclic amines) is 1. The van der Waals surface area contributed by atoms with Crippen molar-refractivity contribution in [1.29, 1.82) is 0 Å². The summed E-state index contributed by atoms with van der Waals surface area (Å²) in [6.07, 6.45) is 4.12. The Kier molecular flexibility index (Phi) is 11.3. The molecular weight excluding hydrogens is 538 g/mol. The molecule has 0 bridgehead atoms. The quantitative estimate of drug-likeness (QED) is 0.245. The van der Waals surface area contributed by atoms with Crippen molar-refractivity contribution in [1.82, 2.24) is 4.90 Å². The third-order valence-electron chi connectivity index (χ3n) is 7.11. The number of aliphatic hydroxyl groups excluding tert-OH is 1. The van der Waals surface area contributed by atoms with Gasteiger partial charge in [-0.15, -0.1) is 0 Å². The van der Waals surface area contributed by atoms with E-state index >= 15 is 0 Å². The van der Waals surface area contributed by atoms with E-state index in [4.69, 9.17) is 21.1 Å². The fourth-order valence-electron chi connectivity index (χ4n) is 4.64. The molecule has 0 radical (unpaired) electrons. The number of carbonyl (C=O) groups excluding carboxylic acids is 1. The van der Waals surface area contributed by atoms with Crippen molar-refractivity contribution in [3.05, 3.63) is 100 Å². The van der Waals surface area contributed by atoms with Crippen molar-refractivity contribution in [2.45, 2.75) is 19.8 Å². The highest BCUT2D eigenvalue weighted by Crippen LogP contribution is 2.27. The minimum Gasteiger partial charge on any atom is -0.489 e. The first-order chi connectivity index (χ1) is 19.9. The third-order valence-corrected chi connectivity index (χ3v) is 7.36. The molecule has 0 spiro atoms. The van der Waals surface area contributed by atoms with E-state index in [1.165, 1.54) is 7.11 Å². The lowest BCUT2D eigenvalue weighted by atomic mass is 9.97. The van der Waals surface area contributed by atoms with E-state index in [9.17, 15) is 9.90 Å². The fraction of sp³-hybridized carbons (Fsp3) is 0.324. The standard InChI is InChI=1S/C34H36ClNO5/c1-25-22-31(13-14-33(25)41-24-34(38)39-2)40-21-17-32(29-9-11-30(35)12-10-29)28-7-5-26(6-8-28)4-3-18-36-19-15-27(23-37)16-20-36/h5-14,17,22,27,37H,15-16,18-21,23-24H2,1-2H3/b32-17+. The zero-order valence-electron chi connectivity index (χ0n) is 23.6. The molecule has 0 aromatic heterocycles. The molecule has 1 fully saturated rings. The fourth-order valence-corrected chi connectivity index (χ4v) is 4.76. The number of benzene rings is 3. The summed E-state index contributed by atoms with van der Waals surface area (Å²) in [6.45, 7) is 5.12. The second-order valence-corrected chi connectivity index (χ2v) is 10.4. The summed E-state index contributed by atoms with van der Waals surface area (Å²) in [6, 6.07) is 21.5. The van der Waals surface area contributed by atoms with Crippen molar-refractivity contribution < 1.29 is 24.1 Å². The van der Waals surface area contributed by atoms with E-state index in [2.05, 4.69) is 39.7 Å². The van der Waals surface area contributed by atoms with Gasteiger partial charge in [-0.25, -0.2) is 4.79 Å². The molecule has 3 aromatic rings. The number of halogens is 1. The Morgan fingerprint density at radius 3 is 2.34 bits per heavy atom. The molecule has 0 atom stereocenters. The monoisotopic (exact) mass is 573 g/mol. The second-order valence-electron chi connectivity index (χ2n) is 10.0. The van der Waals surface area contributed by atoms with E-state index in [1.54, 1.807) is 6.07 Å². The Hall–Kier alpha value is -3.76. The minimum atomic E-state index is -0.431. The van der Waals surface area contributed by atoms with Crippen molar-refractivity contribution in [3.8, 4) is 23.3 Å². The molecule has 0 aliphatic carbocycles. The summed E-state index contributed by atoms with van der Waals surface area (Å²) in [5.41, 5.74) is 4.94. The molecule has 6 nitrogen and oxygen atoms in total. The third kappa shape index (κ3) is 9.12. The van der Waals surface area contributed by atoms with Crippen LogP contribution in [0.25, 0.3) is 5.57 Å². The summed E-state index contributed by atoms with van der Waals surface area (Å²) in [5, 5.41) is 10.0. The number of carbonyl (C=O) groups is 1. The van der Waals surface area contributed by atoms with Gasteiger partial charge in [-0.3, -0.25) is 4.90 Å². The van der Waals surface area contributed by atoms with Crippen LogP contribution in [-0.4, -0.2) is 62.5 Å². The van der Waals surface area contributed by atoms with Crippen LogP contribution in [0.4, 0.5) is 0 Å². The molecule has 0 saturated carbocycles. The highest BCUT2D eigenvalue weighted by atomic mass is 35.5. The zero-order valence-corrected chi connectivity index (χ0v) is 24.3. The topological polar surface area (TPSA) is 68.2 Å². The maximum atomic E-state index is 11.4. The zero-order chi connectivity index (χ0) is 29.0. The van der Waals surface area contributed by atoms with Gasteiger partial charge in [0.15, 0.2) is 6.61 Å². The molecule has 1 N–H and O–H groups in total.